The largest absolute Gasteiger partial charge is 0.452 e. The summed E-state index contributed by atoms with van der Waals surface area (Å²) in [7, 11) is -3.70. The Morgan fingerprint density at radius 2 is 2.07 bits per heavy atom. The Kier molecular flexibility index (Phi) is 4.68. The van der Waals surface area contributed by atoms with E-state index in [9.17, 15) is 14.6 Å². The summed E-state index contributed by atoms with van der Waals surface area (Å²) < 4.78 is 9.52. The molecule has 0 rings (SSSR count). The summed E-state index contributed by atoms with van der Waals surface area (Å²) in [6, 6.07) is 0. The smallest absolute Gasteiger partial charge is 0.413 e. The van der Waals surface area contributed by atoms with Crippen LogP contribution in [0.4, 0.5) is 0 Å². The van der Waals surface area contributed by atoms with E-state index in [2.05, 4.69) is 6.58 Å². The van der Waals surface area contributed by atoms with Gasteiger partial charge in [0.15, 0.2) is 0 Å². The van der Waals surface area contributed by atoms with E-state index < -0.39 is 19.3 Å². The number of hydrogen-bond acceptors (Lipinski definition) is 5. The number of ether oxygens (including phenoxy) is 1. The van der Waals surface area contributed by atoms with Gasteiger partial charge < -0.3 is 4.74 Å². The Bertz CT molecular complexity index is 224. The number of esters is 1. The van der Waals surface area contributed by atoms with Crippen LogP contribution in [0, 0.1) is 0 Å². The van der Waals surface area contributed by atoms with Crippen LogP contribution in [0.3, 0.4) is 0 Å². The van der Waals surface area contributed by atoms with Gasteiger partial charge in [-0.2, -0.15) is 14.3 Å². The molecule has 0 heterocycles. The third-order valence-electron chi connectivity index (χ3n) is 1.53. The molecule has 0 fully saturated rings. The first-order valence-corrected chi connectivity index (χ1v) is 5.72. The molecule has 5 nitrogen and oxygen atoms in total. The minimum absolute atomic E-state index is 0.135. The van der Waals surface area contributed by atoms with Gasteiger partial charge in [0.1, 0.15) is 0 Å². The normalized spacial score (nSPS) is 12.4. The Morgan fingerprint density at radius 3 is 2.43 bits per heavy atom. The van der Waals surface area contributed by atoms with Crippen LogP contribution in [0.5, 0.6) is 0 Å². The molecule has 14 heavy (non-hydrogen) atoms. The van der Waals surface area contributed by atoms with E-state index in [1.807, 2.05) is 0 Å². The summed E-state index contributed by atoms with van der Waals surface area (Å²) >= 11 is 0. The van der Waals surface area contributed by atoms with Gasteiger partial charge >= 0.3 is 13.9 Å². The van der Waals surface area contributed by atoms with Crippen LogP contribution in [-0.2, 0) is 14.1 Å². The first-order valence-electron chi connectivity index (χ1n) is 4.11. The van der Waals surface area contributed by atoms with Crippen LogP contribution >= 0.6 is 7.94 Å². The van der Waals surface area contributed by atoms with Gasteiger partial charge in [-0.1, -0.05) is 6.58 Å². The average molecular weight is 223 g/mol. The van der Waals surface area contributed by atoms with E-state index in [1.54, 1.807) is 6.92 Å². The third-order valence-corrected chi connectivity index (χ3v) is 3.64. The number of carbonyl (C=O) groups excluding carboxylic acids is 1. The average Bonchev–Trinajstić information content (AvgIpc) is 2.03. The minimum atomic E-state index is -3.70. The third kappa shape index (κ3) is 3.35. The molecule has 0 aliphatic rings. The molecule has 0 aliphatic carbocycles. The van der Waals surface area contributed by atoms with E-state index in [0.29, 0.717) is 0 Å². The van der Waals surface area contributed by atoms with Crippen molar-refractivity contribution in [3.8, 4) is 0 Å². The Balaban J connectivity index is 4.57. The molecular weight excluding hydrogens is 207 g/mol. The Morgan fingerprint density at radius 1 is 1.57 bits per heavy atom. The van der Waals surface area contributed by atoms with Crippen molar-refractivity contribution < 1.29 is 23.8 Å². The SMILES string of the molecule is C=CC(=O)OC(C)(C)[P+](O)(O)OCC. The number of hydrogen-bond donors (Lipinski definition) is 2. The van der Waals surface area contributed by atoms with Crippen molar-refractivity contribution in [2.75, 3.05) is 6.61 Å². The monoisotopic (exact) mass is 223 g/mol. The molecule has 0 aliphatic heterocycles. The van der Waals surface area contributed by atoms with Crippen molar-refractivity contribution in [2.24, 2.45) is 0 Å². The highest BCUT2D eigenvalue weighted by molar-refractivity contribution is 7.61. The summed E-state index contributed by atoms with van der Waals surface area (Å²) in [4.78, 5) is 29.9. The second-order valence-corrected chi connectivity index (χ2v) is 5.46. The zero-order valence-electron chi connectivity index (χ0n) is 8.56. The zero-order valence-corrected chi connectivity index (χ0v) is 9.45. The first-order chi connectivity index (χ1) is 6.27. The highest BCUT2D eigenvalue weighted by Crippen LogP contribution is 2.63. The highest BCUT2D eigenvalue weighted by Gasteiger charge is 2.57. The lowest BCUT2D eigenvalue weighted by Gasteiger charge is -2.26. The van der Waals surface area contributed by atoms with Crippen LogP contribution in [0.15, 0.2) is 12.7 Å². The van der Waals surface area contributed by atoms with Crippen molar-refractivity contribution >= 4 is 13.9 Å². The topological polar surface area (TPSA) is 76.0 Å². The molecule has 0 spiro atoms. The fourth-order valence-electron chi connectivity index (χ4n) is 0.683. The van der Waals surface area contributed by atoms with Crippen LogP contribution < -0.4 is 0 Å². The van der Waals surface area contributed by atoms with Gasteiger partial charge in [0.2, 0.25) is 0 Å². The maximum Gasteiger partial charge on any atom is 0.452 e. The summed E-state index contributed by atoms with van der Waals surface area (Å²) in [6.45, 7) is 7.70. The fraction of sp³-hybridized carbons (Fsp3) is 0.625. The molecule has 0 radical (unpaired) electrons. The Hall–Kier alpha value is -0.480. The summed E-state index contributed by atoms with van der Waals surface area (Å²) in [5, 5.41) is -1.45. The predicted octanol–water partition coefficient (Wildman–Crippen LogP) is 1.24. The second-order valence-electron chi connectivity index (χ2n) is 3.03. The van der Waals surface area contributed by atoms with Crippen molar-refractivity contribution in [2.45, 2.75) is 26.1 Å². The van der Waals surface area contributed by atoms with E-state index >= 15 is 0 Å². The maximum absolute atomic E-state index is 10.9. The highest BCUT2D eigenvalue weighted by atomic mass is 31.2. The van der Waals surface area contributed by atoms with E-state index in [0.717, 1.165) is 6.08 Å². The first kappa shape index (κ1) is 13.5. The summed E-state index contributed by atoms with van der Waals surface area (Å²) in [5.41, 5.74) is 0. The molecule has 0 aromatic rings. The minimum Gasteiger partial charge on any atom is -0.413 e. The van der Waals surface area contributed by atoms with Crippen molar-refractivity contribution in [3.05, 3.63) is 12.7 Å². The van der Waals surface area contributed by atoms with Crippen LogP contribution in [0.25, 0.3) is 0 Å². The molecule has 0 saturated heterocycles. The molecular formula is C8H16O5P+. The number of carbonyl (C=O) groups is 1. The van der Waals surface area contributed by atoms with E-state index in [1.165, 1.54) is 13.8 Å². The standard InChI is InChI=1S/C8H16O5P/c1-5-7(9)13-8(3,4)14(10,11)12-6-2/h5,10-11H,1,6H2,2-4H3/q+1. The maximum atomic E-state index is 10.9. The molecule has 2 N–H and O–H groups in total. The second kappa shape index (κ2) is 4.84. The fourth-order valence-corrected chi connectivity index (χ4v) is 1.56. The molecule has 0 bridgehead atoms. The Labute approximate surface area is 83.9 Å². The summed E-state index contributed by atoms with van der Waals surface area (Å²) in [5.74, 6) is -0.720. The van der Waals surface area contributed by atoms with Crippen molar-refractivity contribution in [1.29, 1.82) is 0 Å². The quantitative estimate of drug-likeness (QED) is 0.416. The lowest BCUT2D eigenvalue weighted by atomic mass is 10.4. The molecule has 0 aromatic heterocycles. The molecule has 6 heteroatoms. The van der Waals surface area contributed by atoms with Crippen molar-refractivity contribution in [3.63, 3.8) is 0 Å². The van der Waals surface area contributed by atoms with Gasteiger partial charge in [-0.15, -0.1) is 0 Å². The van der Waals surface area contributed by atoms with Crippen LogP contribution in [-0.4, -0.2) is 27.7 Å². The van der Waals surface area contributed by atoms with E-state index in [-0.39, 0.29) is 6.61 Å². The predicted molar refractivity (Wildman–Crippen MR) is 53.4 cm³/mol. The van der Waals surface area contributed by atoms with Gasteiger partial charge in [0, 0.05) is 19.9 Å². The lowest BCUT2D eigenvalue weighted by molar-refractivity contribution is -0.145. The number of rotatable bonds is 5. The van der Waals surface area contributed by atoms with Crippen LogP contribution in [0.1, 0.15) is 20.8 Å². The summed E-state index contributed by atoms with van der Waals surface area (Å²) in [6.07, 6.45) is 0.952. The van der Waals surface area contributed by atoms with Gasteiger partial charge in [0.05, 0.1) is 6.61 Å². The van der Waals surface area contributed by atoms with Gasteiger partial charge in [-0.05, 0) is 6.92 Å². The van der Waals surface area contributed by atoms with E-state index in [4.69, 9.17) is 9.26 Å². The van der Waals surface area contributed by atoms with Gasteiger partial charge in [0.25, 0.3) is 5.34 Å². The molecule has 0 amide bonds. The van der Waals surface area contributed by atoms with Crippen molar-refractivity contribution in [1.82, 2.24) is 0 Å². The molecule has 0 atom stereocenters. The zero-order chi connectivity index (χ0) is 11.4. The molecule has 0 unspecified atom stereocenters. The lowest BCUT2D eigenvalue weighted by Crippen LogP contribution is -2.31. The molecule has 82 valence electrons. The van der Waals surface area contributed by atoms with Gasteiger partial charge in [-0.25, -0.2) is 4.79 Å². The van der Waals surface area contributed by atoms with Crippen LogP contribution in [0.2, 0.25) is 0 Å². The molecule has 0 aromatic carbocycles. The molecule has 0 saturated carbocycles. The van der Waals surface area contributed by atoms with Gasteiger partial charge in [-0.3, -0.25) is 0 Å².